The van der Waals surface area contributed by atoms with Crippen molar-refractivity contribution < 1.29 is 9.53 Å². The van der Waals surface area contributed by atoms with Crippen LogP contribution >= 0.6 is 0 Å². The van der Waals surface area contributed by atoms with Gasteiger partial charge >= 0.3 is 6.03 Å². The fraction of sp³-hybridized carbons (Fsp3) is 0.258. The van der Waals surface area contributed by atoms with Gasteiger partial charge in [-0.05, 0) is 48.9 Å². The average molecular weight is 536 g/mol. The molecule has 2 N–H and O–H groups in total. The predicted octanol–water partition coefficient (Wildman–Crippen LogP) is 5.71. The van der Waals surface area contributed by atoms with Crippen molar-refractivity contribution in [3.63, 3.8) is 0 Å². The second-order valence-electron chi connectivity index (χ2n) is 10.1. The normalized spacial score (nSPS) is 13.5. The number of nitrogens with zero attached hydrogens (tertiary/aromatic N) is 5. The van der Waals surface area contributed by atoms with Crippen molar-refractivity contribution in [3.8, 4) is 33.6 Å². The van der Waals surface area contributed by atoms with Gasteiger partial charge in [-0.25, -0.2) is 9.78 Å². The summed E-state index contributed by atoms with van der Waals surface area (Å²) in [7, 11) is 3.44. The maximum Gasteiger partial charge on any atom is 0.321 e. The first-order chi connectivity index (χ1) is 19.5. The van der Waals surface area contributed by atoms with E-state index in [9.17, 15) is 4.79 Å². The number of carbonyl (C=O) groups is 1. The van der Waals surface area contributed by atoms with Crippen LogP contribution in [0, 0.1) is 0 Å². The highest BCUT2D eigenvalue weighted by Crippen LogP contribution is 2.37. The molecule has 0 unspecified atom stereocenters. The van der Waals surface area contributed by atoms with Crippen LogP contribution in [0.3, 0.4) is 0 Å². The number of pyridine rings is 1. The molecule has 0 aliphatic carbocycles. The lowest BCUT2D eigenvalue weighted by atomic mass is 10.00. The summed E-state index contributed by atoms with van der Waals surface area (Å²) in [4.78, 5) is 24.1. The molecule has 5 aromatic rings. The van der Waals surface area contributed by atoms with Crippen molar-refractivity contribution >= 4 is 28.4 Å². The molecule has 3 aromatic heterocycles. The second kappa shape index (κ2) is 10.9. The van der Waals surface area contributed by atoms with E-state index in [4.69, 9.17) is 9.84 Å². The highest BCUT2D eigenvalue weighted by molar-refractivity contribution is 5.99. The molecule has 6 rings (SSSR count). The number of amides is 2. The Hall–Kier alpha value is -4.63. The highest BCUT2D eigenvalue weighted by atomic mass is 16.5. The molecule has 0 saturated carbocycles. The molecule has 4 heterocycles. The molecule has 0 atom stereocenters. The van der Waals surface area contributed by atoms with Gasteiger partial charge in [0.25, 0.3) is 0 Å². The number of hydrogen-bond donors (Lipinski definition) is 2. The van der Waals surface area contributed by atoms with Crippen LogP contribution in [0.1, 0.15) is 6.92 Å². The summed E-state index contributed by atoms with van der Waals surface area (Å²) in [5.41, 5.74) is 8.87. The number of fused-ring (bicyclic) bond motifs is 1. The van der Waals surface area contributed by atoms with E-state index in [-0.39, 0.29) is 6.03 Å². The second-order valence-corrected chi connectivity index (χ2v) is 10.1. The Labute approximate surface area is 233 Å². The number of aromatic amines is 1. The van der Waals surface area contributed by atoms with Crippen LogP contribution in [-0.2, 0) is 11.3 Å². The Bertz CT molecular complexity index is 1650. The molecule has 9 nitrogen and oxygen atoms in total. The van der Waals surface area contributed by atoms with Crippen LogP contribution in [0.2, 0.25) is 0 Å². The van der Waals surface area contributed by atoms with Gasteiger partial charge in [0.05, 0.1) is 13.2 Å². The zero-order valence-corrected chi connectivity index (χ0v) is 23.0. The lowest BCUT2D eigenvalue weighted by Crippen LogP contribution is -2.36. The van der Waals surface area contributed by atoms with Gasteiger partial charge in [-0.3, -0.25) is 4.68 Å². The molecule has 2 amide bonds. The summed E-state index contributed by atoms with van der Waals surface area (Å²) in [5.74, 6) is 0. The van der Waals surface area contributed by atoms with Gasteiger partial charge in [0.2, 0.25) is 0 Å². The van der Waals surface area contributed by atoms with Gasteiger partial charge < -0.3 is 24.8 Å². The number of aromatic nitrogens is 4. The first kappa shape index (κ1) is 25.6. The zero-order chi connectivity index (χ0) is 27.6. The number of nitrogens with one attached hydrogen (secondary N) is 2. The fourth-order valence-electron chi connectivity index (χ4n) is 5.05. The standard InChI is InChI=1S/C31H33N7O2/c1-4-38-20-27(29(35-38)21-8-10-23(11-9-21)33-31(39)36(2)3)25-12-13-32-30-26(25)19-28(34-30)22-6-5-7-24(18-22)37-14-16-40-17-15-37/h5-13,18-20H,4,14-17H2,1-3H3,(H,32,34)(H,33,39). The summed E-state index contributed by atoms with van der Waals surface area (Å²) < 4.78 is 7.49. The summed E-state index contributed by atoms with van der Waals surface area (Å²) in [6.45, 7) is 6.14. The van der Waals surface area contributed by atoms with Gasteiger partial charge in [0.1, 0.15) is 11.3 Å². The SMILES string of the molecule is CCn1cc(-c2ccnc3[nH]c(-c4cccc(N5CCOCC5)c4)cc23)c(-c2ccc(NC(=O)N(C)C)cc2)n1. The van der Waals surface area contributed by atoms with Crippen LogP contribution in [0.25, 0.3) is 44.7 Å². The summed E-state index contributed by atoms with van der Waals surface area (Å²) in [6, 6.07) is 20.5. The number of morpholine rings is 1. The molecular formula is C31H33N7O2. The van der Waals surface area contributed by atoms with E-state index in [0.29, 0.717) is 0 Å². The Balaban J connectivity index is 1.37. The third-order valence-electron chi connectivity index (χ3n) is 7.26. The first-order valence-corrected chi connectivity index (χ1v) is 13.6. The number of anilines is 2. The number of urea groups is 1. The molecule has 0 spiro atoms. The van der Waals surface area contributed by atoms with Gasteiger partial charge in [-0.2, -0.15) is 5.10 Å². The first-order valence-electron chi connectivity index (χ1n) is 13.6. The van der Waals surface area contributed by atoms with Crippen LogP contribution in [-0.4, -0.2) is 71.1 Å². The van der Waals surface area contributed by atoms with Crippen molar-refractivity contribution in [2.75, 3.05) is 50.6 Å². The van der Waals surface area contributed by atoms with Gasteiger partial charge in [-0.15, -0.1) is 0 Å². The number of aryl methyl sites for hydroxylation is 1. The van der Waals surface area contributed by atoms with Crippen LogP contribution in [0.5, 0.6) is 0 Å². The largest absolute Gasteiger partial charge is 0.378 e. The van der Waals surface area contributed by atoms with Gasteiger partial charge in [-0.1, -0.05) is 24.3 Å². The van der Waals surface area contributed by atoms with E-state index in [0.717, 1.165) is 83.2 Å². The molecule has 9 heteroatoms. The maximum atomic E-state index is 12.1. The quantitative estimate of drug-likeness (QED) is 0.291. The van der Waals surface area contributed by atoms with Crippen LogP contribution in [0.15, 0.2) is 73.1 Å². The van der Waals surface area contributed by atoms with Crippen molar-refractivity contribution in [1.29, 1.82) is 0 Å². The molecule has 1 fully saturated rings. The van der Waals surface area contributed by atoms with Crippen molar-refractivity contribution in [2.24, 2.45) is 0 Å². The Kier molecular flexibility index (Phi) is 6.96. The van der Waals surface area contributed by atoms with Crippen molar-refractivity contribution in [2.45, 2.75) is 13.5 Å². The lowest BCUT2D eigenvalue weighted by molar-refractivity contribution is 0.122. The van der Waals surface area contributed by atoms with E-state index in [1.54, 1.807) is 14.1 Å². The molecule has 204 valence electrons. The van der Waals surface area contributed by atoms with Gasteiger partial charge in [0, 0.05) is 85.3 Å². The minimum Gasteiger partial charge on any atom is -0.378 e. The van der Waals surface area contributed by atoms with E-state index in [1.165, 1.54) is 10.6 Å². The lowest BCUT2D eigenvalue weighted by Gasteiger charge is -2.29. The molecule has 0 bridgehead atoms. The maximum absolute atomic E-state index is 12.1. The molecule has 0 radical (unpaired) electrons. The summed E-state index contributed by atoms with van der Waals surface area (Å²) in [6.07, 6.45) is 3.94. The van der Waals surface area contributed by atoms with Crippen LogP contribution < -0.4 is 10.2 Å². The number of hydrogen-bond acceptors (Lipinski definition) is 5. The monoisotopic (exact) mass is 535 g/mol. The molecule has 1 aliphatic rings. The number of H-pyrrole nitrogens is 1. The summed E-state index contributed by atoms with van der Waals surface area (Å²) >= 11 is 0. The molecule has 1 aliphatic heterocycles. The number of carbonyl (C=O) groups excluding carboxylic acids is 1. The Morgan fingerprint density at radius 3 is 2.58 bits per heavy atom. The smallest absolute Gasteiger partial charge is 0.321 e. The molecule has 40 heavy (non-hydrogen) atoms. The fourth-order valence-corrected chi connectivity index (χ4v) is 5.05. The number of benzene rings is 2. The van der Waals surface area contributed by atoms with E-state index < -0.39 is 0 Å². The predicted molar refractivity (Wildman–Crippen MR) is 160 cm³/mol. The Morgan fingerprint density at radius 1 is 1.02 bits per heavy atom. The third-order valence-corrected chi connectivity index (χ3v) is 7.26. The van der Waals surface area contributed by atoms with E-state index in [1.807, 2.05) is 35.1 Å². The Morgan fingerprint density at radius 2 is 1.82 bits per heavy atom. The minimum atomic E-state index is -0.165. The minimum absolute atomic E-state index is 0.165. The topological polar surface area (TPSA) is 91.3 Å². The van der Waals surface area contributed by atoms with E-state index >= 15 is 0 Å². The molecular weight excluding hydrogens is 502 g/mol. The molecule has 1 saturated heterocycles. The van der Waals surface area contributed by atoms with Crippen molar-refractivity contribution in [3.05, 3.63) is 73.1 Å². The van der Waals surface area contributed by atoms with Crippen molar-refractivity contribution in [1.82, 2.24) is 24.6 Å². The zero-order valence-electron chi connectivity index (χ0n) is 23.0. The third kappa shape index (κ3) is 5.03. The summed E-state index contributed by atoms with van der Waals surface area (Å²) in [5, 5.41) is 8.84. The highest BCUT2D eigenvalue weighted by Gasteiger charge is 2.18. The van der Waals surface area contributed by atoms with E-state index in [2.05, 4.69) is 69.7 Å². The number of rotatable bonds is 6. The molecule has 2 aromatic carbocycles. The van der Waals surface area contributed by atoms with Crippen LogP contribution in [0.4, 0.5) is 16.2 Å². The number of ether oxygens (including phenoxy) is 1. The van der Waals surface area contributed by atoms with Gasteiger partial charge in [0.15, 0.2) is 0 Å². The average Bonchev–Trinajstić information content (AvgIpc) is 3.63.